The number of carbonyl (C=O) groups excluding carboxylic acids is 1. The van der Waals surface area contributed by atoms with Crippen LogP contribution in [0.5, 0.6) is 5.75 Å². The van der Waals surface area contributed by atoms with Crippen LogP contribution in [0.4, 0.5) is 0 Å². The fourth-order valence-electron chi connectivity index (χ4n) is 3.03. The molecule has 0 spiro atoms. The molecule has 6 nitrogen and oxygen atoms in total. The number of nitrogens with zero attached hydrogens (tertiary/aromatic N) is 3. The second kappa shape index (κ2) is 7.70. The normalized spacial score (nSPS) is 10.9. The number of hydrogen-bond donors (Lipinski definition) is 0. The molecule has 0 fully saturated rings. The second-order valence-corrected chi connectivity index (χ2v) is 6.80. The first kappa shape index (κ1) is 18.8. The summed E-state index contributed by atoms with van der Waals surface area (Å²) in [4.78, 5) is 14.5. The standard InChI is InChI=1S/C21H25N3O3/c1-14-6-8-18(9-7-14)26-11-10-23(5)21(25)19-12-15(2)24(17(19)4)20-13-16(3)27-22-20/h6-9,12-13H,10-11H2,1-5H3. The number of rotatable bonds is 6. The molecule has 0 aliphatic heterocycles. The maximum atomic E-state index is 12.9. The highest BCUT2D eigenvalue weighted by Gasteiger charge is 2.21. The van der Waals surface area contributed by atoms with E-state index in [0.717, 1.165) is 22.9 Å². The van der Waals surface area contributed by atoms with E-state index in [0.29, 0.717) is 24.5 Å². The molecular formula is C21H25N3O3. The van der Waals surface area contributed by atoms with Crippen molar-refractivity contribution >= 4 is 5.91 Å². The van der Waals surface area contributed by atoms with E-state index in [-0.39, 0.29) is 5.91 Å². The predicted octanol–water partition coefficient (Wildman–Crippen LogP) is 3.85. The summed E-state index contributed by atoms with van der Waals surface area (Å²) in [5.41, 5.74) is 3.63. The van der Waals surface area contributed by atoms with Crippen molar-refractivity contribution in [3.05, 3.63) is 64.7 Å². The van der Waals surface area contributed by atoms with Gasteiger partial charge in [0, 0.05) is 24.5 Å². The number of aryl methyl sites for hydroxylation is 3. The van der Waals surface area contributed by atoms with Crippen molar-refractivity contribution in [1.29, 1.82) is 0 Å². The van der Waals surface area contributed by atoms with Gasteiger partial charge in [0.15, 0.2) is 5.82 Å². The van der Waals surface area contributed by atoms with Gasteiger partial charge in [0.05, 0.1) is 12.1 Å². The first-order chi connectivity index (χ1) is 12.9. The van der Waals surface area contributed by atoms with Crippen LogP contribution in [0.1, 0.15) is 33.1 Å². The molecule has 1 aromatic carbocycles. The summed E-state index contributed by atoms with van der Waals surface area (Å²) in [5, 5.41) is 4.06. The maximum Gasteiger partial charge on any atom is 0.255 e. The van der Waals surface area contributed by atoms with Crippen molar-refractivity contribution in [2.75, 3.05) is 20.2 Å². The van der Waals surface area contributed by atoms with Crippen molar-refractivity contribution in [2.24, 2.45) is 0 Å². The van der Waals surface area contributed by atoms with Gasteiger partial charge in [0.1, 0.15) is 18.1 Å². The quantitative estimate of drug-likeness (QED) is 0.664. The van der Waals surface area contributed by atoms with Gasteiger partial charge < -0.3 is 14.2 Å². The summed E-state index contributed by atoms with van der Waals surface area (Å²) in [6.07, 6.45) is 0. The minimum Gasteiger partial charge on any atom is -0.492 e. The average Bonchev–Trinajstić information content (AvgIpc) is 3.18. The first-order valence-corrected chi connectivity index (χ1v) is 8.94. The summed E-state index contributed by atoms with van der Waals surface area (Å²) >= 11 is 0. The summed E-state index contributed by atoms with van der Waals surface area (Å²) in [7, 11) is 1.78. The molecule has 2 heterocycles. The van der Waals surface area contributed by atoms with E-state index in [9.17, 15) is 4.79 Å². The van der Waals surface area contributed by atoms with Gasteiger partial charge in [-0.1, -0.05) is 22.9 Å². The molecule has 0 atom stereocenters. The molecule has 142 valence electrons. The van der Waals surface area contributed by atoms with E-state index in [2.05, 4.69) is 5.16 Å². The van der Waals surface area contributed by atoms with Gasteiger partial charge in [0.2, 0.25) is 0 Å². The molecule has 0 radical (unpaired) electrons. The molecule has 2 aromatic heterocycles. The lowest BCUT2D eigenvalue weighted by molar-refractivity contribution is 0.0773. The van der Waals surface area contributed by atoms with Gasteiger partial charge in [-0.05, 0) is 45.9 Å². The lowest BCUT2D eigenvalue weighted by atomic mass is 10.2. The van der Waals surface area contributed by atoms with Crippen LogP contribution in [0.15, 0.2) is 40.9 Å². The fourth-order valence-corrected chi connectivity index (χ4v) is 3.03. The molecule has 3 rings (SSSR count). The van der Waals surface area contributed by atoms with E-state index >= 15 is 0 Å². The van der Waals surface area contributed by atoms with Crippen molar-refractivity contribution in [3.8, 4) is 11.6 Å². The smallest absolute Gasteiger partial charge is 0.255 e. The molecule has 0 unspecified atom stereocenters. The number of hydrogen-bond acceptors (Lipinski definition) is 4. The van der Waals surface area contributed by atoms with Gasteiger partial charge in [-0.15, -0.1) is 0 Å². The third kappa shape index (κ3) is 4.05. The zero-order valence-electron chi connectivity index (χ0n) is 16.4. The summed E-state index contributed by atoms with van der Waals surface area (Å²) in [5.74, 6) is 2.19. The third-order valence-electron chi connectivity index (χ3n) is 4.57. The van der Waals surface area contributed by atoms with E-state index in [1.807, 2.05) is 68.7 Å². The molecule has 0 aliphatic carbocycles. The Hall–Kier alpha value is -3.02. The molecule has 27 heavy (non-hydrogen) atoms. The second-order valence-electron chi connectivity index (χ2n) is 6.80. The van der Waals surface area contributed by atoms with Crippen LogP contribution >= 0.6 is 0 Å². The number of aromatic nitrogens is 2. The number of likely N-dealkylation sites (N-methyl/N-ethyl adjacent to an activating group) is 1. The monoisotopic (exact) mass is 367 g/mol. The number of benzene rings is 1. The van der Waals surface area contributed by atoms with Crippen LogP contribution in [0, 0.1) is 27.7 Å². The zero-order chi connectivity index (χ0) is 19.6. The highest BCUT2D eigenvalue weighted by Crippen LogP contribution is 2.21. The summed E-state index contributed by atoms with van der Waals surface area (Å²) in [6, 6.07) is 11.6. The maximum absolute atomic E-state index is 12.9. The minimum absolute atomic E-state index is 0.0397. The Labute approximate surface area is 159 Å². The molecule has 0 aliphatic rings. The molecule has 6 heteroatoms. The molecule has 0 N–H and O–H groups in total. The van der Waals surface area contributed by atoms with E-state index in [1.165, 1.54) is 5.56 Å². The lowest BCUT2D eigenvalue weighted by Gasteiger charge is -2.17. The highest BCUT2D eigenvalue weighted by atomic mass is 16.5. The zero-order valence-corrected chi connectivity index (χ0v) is 16.4. The predicted molar refractivity (Wildman–Crippen MR) is 104 cm³/mol. The molecular weight excluding hydrogens is 342 g/mol. The Balaban J connectivity index is 1.67. The topological polar surface area (TPSA) is 60.5 Å². The Bertz CT molecular complexity index is 938. The molecule has 0 saturated heterocycles. The summed E-state index contributed by atoms with van der Waals surface area (Å²) in [6.45, 7) is 8.69. The Morgan fingerprint density at radius 1 is 1.15 bits per heavy atom. The molecule has 3 aromatic rings. The Morgan fingerprint density at radius 3 is 2.48 bits per heavy atom. The van der Waals surface area contributed by atoms with Gasteiger partial charge in [-0.25, -0.2) is 0 Å². The minimum atomic E-state index is -0.0397. The first-order valence-electron chi connectivity index (χ1n) is 8.94. The van der Waals surface area contributed by atoms with Crippen LogP contribution in [0.25, 0.3) is 5.82 Å². The van der Waals surface area contributed by atoms with Gasteiger partial charge in [-0.3, -0.25) is 9.36 Å². The summed E-state index contributed by atoms with van der Waals surface area (Å²) < 4.78 is 12.8. The number of carbonyl (C=O) groups is 1. The van der Waals surface area contributed by atoms with Crippen LogP contribution in [0.3, 0.4) is 0 Å². The van der Waals surface area contributed by atoms with E-state index in [1.54, 1.807) is 11.9 Å². The fraction of sp³-hybridized carbons (Fsp3) is 0.333. The van der Waals surface area contributed by atoms with Crippen LogP contribution in [-0.2, 0) is 0 Å². The van der Waals surface area contributed by atoms with Crippen molar-refractivity contribution in [2.45, 2.75) is 27.7 Å². The largest absolute Gasteiger partial charge is 0.492 e. The van der Waals surface area contributed by atoms with E-state index in [4.69, 9.17) is 9.26 Å². The molecule has 0 bridgehead atoms. The van der Waals surface area contributed by atoms with Crippen LogP contribution < -0.4 is 4.74 Å². The van der Waals surface area contributed by atoms with Crippen molar-refractivity contribution in [3.63, 3.8) is 0 Å². The van der Waals surface area contributed by atoms with Crippen LogP contribution in [-0.4, -0.2) is 40.7 Å². The van der Waals surface area contributed by atoms with Crippen LogP contribution in [0.2, 0.25) is 0 Å². The lowest BCUT2D eigenvalue weighted by Crippen LogP contribution is -2.31. The van der Waals surface area contributed by atoms with Crippen molar-refractivity contribution < 1.29 is 14.1 Å². The molecule has 0 saturated carbocycles. The Morgan fingerprint density at radius 2 is 1.85 bits per heavy atom. The Kier molecular flexibility index (Phi) is 5.35. The SMILES string of the molecule is Cc1ccc(OCCN(C)C(=O)c2cc(C)n(-c3cc(C)on3)c2C)cc1. The van der Waals surface area contributed by atoms with E-state index < -0.39 is 0 Å². The van der Waals surface area contributed by atoms with Crippen molar-refractivity contribution in [1.82, 2.24) is 14.6 Å². The average molecular weight is 367 g/mol. The van der Waals surface area contributed by atoms with Gasteiger partial charge in [0.25, 0.3) is 5.91 Å². The molecule has 1 amide bonds. The number of ether oxygens (including phenoxy) is 1. The highest BCUT2D eigenvalue weighted by molar-refractivity contribution is 5.95. The van der Waals surface area contributed by atoms with Gasteiger partial charge >= 0.3 is 0 Å². The third-order valence-corrected chi connectivity index (χ3v) is 4.57. The number of amides is 1. The van der Waals surface area contributed by atoms with Gasteiger partial charge in [-0.2, -0.15) is 0 Å².